The number of nitrogens with zero attached hydrogens (tertiary/aromatic N) is 2. The summed E-state index contributed by atoms with van der Waals surface area (Å²) >= 11 is 0. The summed E-state index contributed by atoms with van der Waals surface area (Å²) < 4.78 is 27.1. The zero-order valence-corrected chi connectivity index (χ0v) is 21.8. The van der Waals surface area contributed by atoms with Crippen molar-refractivity contribution < 1.29 is 28.5 Å². The van der Waals surface area contributed by atoms with Gasteiger partial charge in [0.05, 0.1) is 39.6 Å². The molecule has 1 aromatic heterocycles. The highest BCUT2D eigenvalue weighted by molar-refractivity contribution is 5.87. The number of rotatable bonds is 15. The Balaban J connectivity index is 1.67. The second-order valence-electron chi connectivity index (χ2n) is 8.87. The van der Waals surface area contributed by atoms with Crippen LogP contribution >= 0.6 is 0 Å². The van der Waals surface area contributed by atoms with Crippen LogP contribution in [0.3, 0.4) is 0 Å². The number of amides is 1. The molecule has 198 valence electrons. The topological polar surface area (TPSA) is 105 Å². The van der Waals surface area contributed by atoms with E-state index in [2.05, 4.69) is 4.98 Å². The first kappa shape index (κ1) is 29.3. The van der Waals surface area contributed by atoms with E-state index in [-0.39, 0.29) is 6.09 Å². The van der Waals surface area contributed by atoms with E-state index in [4.69, 9.17) is 29.4 Å². The standard InChI is InChI=1S/C27H39N3O6/c1-27(2,3)36-26(31)30(4)24-10-7-22(8-11-24)5-6-23-9-12-25(29-21-23)35-20-19-34-18-17-33-16-15-32-14-13-28/h5-12,21H,13-20,28H2,1-4H3/b6-5+. The average molecular weight is 502 g/mol. The smallest absolute Gasteiger partial charge is 0.414 e. The van der Waals surface area contributed by atoms with E-state index in [1.165, 1.54) is 4.90 Å². The van der Waals surface area contributed by atoms with Crippen molar-refractivity contribution in [3.63, 3.8) is 0 Å². The fourth-order valence-electron chi connectivity index (χ4n) is 2.84. The fraction of sp³-hybridized carbons (Fsp3) is 0.481. The molecule has 0 unspecified atom stereocenters. The second kappa shape index (κ2) is 15.9. The SMILES string of the molecule is CN(C(=O)OC(C)(C)C)c1ccc(/C=C/c2ccc(OCCOCCOCCOCCN)nc2)cc1. The summed E-state index contributed by atoms with van der Waals surface area (Å²) in [7, 11) is 1.69. The first-order valence-electron chi connectivity index (χ1n) is 12.1. The van der Waals surface area contributed by atoms with Gasteiger partial charge in [-0.1, -0.05) is 24.3 Å². The number of anilines is 1. The molecule has 9 nitrogen and oxygen atoms in total. The molecule has 0 aliphatic heterocycles. The van der Waals surface area contributed by atoms with Crippen molar-refractivity contribution >= 4 is 23.9 Å². The highest BCUT2D eigenvalue weighted by Gasteiger charge is 2.20. The van der Waals surface area contributed by atoms with Crippen molar-refractivity contribution in [2.24, 2.45) is 5.73 Å². The molecule has 2 N–H and O–H groups in total. The summed E-state index contributed by atoms with van der Waals surface area (Å²) in [6, 6.07) is 11.4. The largest absolute Gasteiger partial charge is 0.475 e. The van der Waals surface area contributed by atoms with E-state index in [1.54, 1.807) is 13.2 Å². The van der Waals surface area contributed by atoms with Gasteiger partial charge in [0, 0.05) is 31.5 Å². The zero-order chi connectivity index (χ0) is 26.2. The van der Waals surface area contributed by atoms with Crippen molar-refractivity contribution in [1.82, 2.24) is 4.98 Å². The van der Waals surface area contributed by atoms with Crippen molar-refractivity contribution in [3.05, 3.63) is 53.7 Å². The van der Waals surface area contributed by atoms with Gasteiger partial charge in [-0.25, -0.2) is 9.78 Å². The van der Waals surface area contributed by atoms with Crippen LogP contribution in [0, 0.1) is 0 Å². The molecule has 0 aliphatic rings. The van der Waals surface area contributed by atoms with Crippen LogP contribution in [0.2, 0.25) is 0 Å². The summed E-state index contributed by atoms with van der Waals surface area (Å²) in [5.74, 6) is 0.540. The Bertz CT molecular complexity index is 911. The van der Waals surface area contributed by atoms with Crippen LogP contribution in [-0.4, -0.2) is 76.5 Å². The highest BCUT2D eigenvalue weighted by Crippen LogP contribution is 2.19. The lowest BCUT2D eigenvalue weighted by Crippen LogP contribution is -2.34. The molecule has 0 saturated heterocycles. The number of carbonyl (C=O) groups excluding carboxylic acids is 1. The monoisotopic (exact) mass is 501 g/mol. The molecule has 0 bridgehead atoms. The first-order chi connectivity index (χ1) is 17.3. The van der Waals surface area contributed by atoms with Crippen molar-refractivity contribution in [3.8, 4) is 5.88 Å². The van der Waals surface area contributed by atoms with E-state index < -0.39 is 5.60 Å². The molecular weight excluding hydrogens is 462 g/mol. The summed E-state index contributed by atoms with van der Waals surface area (Å²) in [5, 5.41) is 0. The highest BCUT2D eigenvalue weighted by atomic mass is 16.6. The van der Waals surface area contributed by atoms with Gasteiger partial charge < -0.3 is 29.4 Å². The third-order valence-electron chi connectivity index (χ3n) is 4.66. The van der Waals surface area contributed by atoms with Gasteiger partial charge in [0.15, 0.2) is 0 Å². The third kappa shape index (κ3) is 12.1. The van der Waals surface area contributed by atoms with Crippen LogP contribution in [0.15, 0.2) is 42.6 Å². The van der Waals surface area contributed by atoms with Crippen molar-refractivity contribution in [1.29, 1.82) is 0 Å². The number of carbonyl (C=O) groups is 1. The predicted molar refractivity (Wildman–Crippen MR) is 141 cm³/mol. The predicted octanol–water partition coefficient (Wildman–Crippen LogP) is 4.01. The van der Waals surface area contributed by atoms with Crippen LogP contribution in [-0.2, 0) is 18.9 Å². The zero-order valence-electron chi connectivity index (χ0n) is 21.8. The number of benzene rings is 1. The Kier molecular flexibility index (Phi) is 12.9. The molecule has 2 aromatic rings. The Morgan fingerprint density at radius 1 is 0.861 bits per heavy atom. The molecule has 1 heterocycles. The number of nitrogens with two attached hydrogens (primary N) is 1. The molecule has 9 heteroatoms. The quantitative estimate of drug-likeness (QED) is 0.365. The summed E-state index contributed by atoms with van der Waals surface area (Å²) in [6.07, 6.45) is 5.31. The summed E-state index contributed by atoms with van der Waals surface area (Å²) in [4.78, 5) is 18.0. The van der Waals surface area contributed by atoms with E-state index >= 15 is 0 Å². The van der Waals surface area contributed by atoms with Gasteiger partial charge in [0.2, 0.25) is 5.88 Å². The number of ether oxygens (including phenoxy) is 5. The Hall–Kier alpha value is -2.98. The Morgan fingerprint density at radius 2 is 1.42 bits per heavy atom. The van der Waals surface area contributed by atoms with Crippen LogP contribution in [0.5, 0.6) is 5.88 Å². The van der Waals surface area contributed by atoms with Gasteiger partial charge in [-0.2, -0.15) is 0 Å². The molecule has 1 aromatic carbocycles. The molecule has 0 fully saturated rings. The van der Waals surface area contributed by atoms with E-state index in [0.29, 0.717) is 58.7 Å². The van der Waals surface area contributed by atoms with Crippen LogP contribution in [0.4, 0.5) is 10.5 Å². The van der Waals surface area contributed by atoms with Gasteiger partial charge in [-0.15, -0.1) is 0 Å². The lowest BCUT2D eigenvalue weighted by molar-refractivity contribution is 0.0103. The second-order valence-corrected chi connectivity index (χ2v) is 8.87. The molecule has 0 aliphatic carbocycles. The van der Waals surface area contributed by atoms with E-state index in [9.17, 15) is 4.79 Å². The molecule has 0 saturated carbocycles. The number of hydrogen-bond acceptors (Lipinski definition) is 8. The van der Waals surface area contributed by atoms with Gasteiger partial charge in [-0.3, -0.25) is 4.90 Å². The molecule has 0 radical (unpaired) electrons. The fourth-order valence-corrected chi connectivity index (χ4v) is 2.84. The maximum absolute atomic E-state index is 12.2. The van der Waals surface area contributed by atoms with Gasteiger partial charge in [-0.05, 0) is 50.1 Å². The van der Waals surface area contributed by atoms with Gasteiger partial charge in [0.1, 0.15) is 12.2 Å². The number of aromatic nitrogens is 1. The van der Waals surface area contributed by atoms with E-state index in [0.717, 1.165) is 16.8 Å². The first-order valence-corrected chi connectivity index (χ1v) is 12.1. The normalized spacial score (nSPS) is 11.6. The maximum atomic E-state index is 12.2. The molecule has 1 amide bonds. The third-order valence-corrected chi connectivity index (χ3v) is 4.66. The lowest BCUT2D eigenvalue weighted by atomic mass is 10.1. The number of pyridine rings is 1. The molecule has 0 atom stereocenters. The minimum atomic E-state index is -0.535. The minimum Gasteiger partial charge on any atom is -0.475 e. The van der Waals surface area contributed by atoms with Crippen LogP contribution < -0.4 is 15.4 Å². The van der Waals surface area contributed by atoms with Gasteiger partial charge in [0.25, 0.3) is 0 Å². The Morgan fingerprint density at radius 3 is 1.97 bits per heavy atom. The Labute approximate surface area is 214 Å². The lowest BCUT2D eigenvalue weighted by Gasteiger charge is -2.24. The van der Waals surface area contributed by atoms with Gasteiger partial charge >= 0.3 is 6.09 Å². The van der Waals surface area contributed by atoms with Crippen LogP contribution in [0.1, 0.15) is 31.9 Å². The molecule has 0 spiro atoms. The maximum Gasteiger partial charge on any atom is 0.414 e. The molecular formula is C27H39N3O6. The minimum absolute atomic E-state index is 0.389. The summed E-state index contributed by atoms with van der Waals surface area (Å²) in [5.41, 5.74) is 7.51. The van der Waals surface area contributed by atoms with Crippen molar-refractivity contribution in [2.75, 3.05) is 64.7 Å². The van der Waals surface area contributed by atoms with Crippen LogP contribution in [0.25, 0.3) is 12.2 Å². The average Bonchev–Trinajstić information content (AvgIpc) is 2.85. The van der Waals surface area contributed by atoms with E-state index in [1.807, 2.05) is 69.3 Å². The molecule has 36 heavy (non-hydrogen) atoms. The molecule has 2 rings (SSSR count). The summed E-state index contributed by atoms with van der Waals surface area (Å²) in [6.45, 7) is 9.53. The van der Waals surface area contributed by atoms with Crippen molar-refractivity contribution in [2.45, 2.75) is 26.4 Å². The number of hydrogen-bond donors (Lipinski definition) is 1.